The maximum Gasteiger partial charge on any atom is 0.238 e. The van der Waals surface area contributed by atoms with Crippen LogP contribution in [0.1, 0.15) is 11.1 Å². The first-order valence-corrected chi connectivity index (χ1v) is 8.22. The van der Waals surface area contributed by atoms with E-state index < -0.39 is 0 Å². The van der Waals surface area contributed by atoms with E-state index in [1.54, 1.807) is 12.5 Å². The van der Waals surface area contributed by atoms with E-state index in [1.165, 1.54) is 5.56 Å². The lowest BCUT2D eigenvalue weighted by atomic mass is 10.2. The number of imidazole rings is 1. The van der Waals surface area contributed by atoms with Gasteiger partial charge in [-0.1, -0.05) is 29.8 Å². The highest BCUT2D eigenvalue weighted by Crippen LogP contribution is 2.11. The first-order valence-electron chi connectivity index (χ1n) is 8.22. The van der Waals surface area contributed by atoms with Gasteiger partial charge in [0.25, 0.3) is 0 Å². The average molecular weight is 334 g/mol. The third kappa shape index (κ3) is 4.78. The summed E-state index contributed by atoms with van der Waals surface area (Å²) < 4.78 is 1.96. The van der Waals surface area contributed by atoms with Gasteiger partial charge < -0.3 is 9.88 Å². The Morgan fingerprint density at radius 1 is 1.12 bits per heavy atom. The second-order valence-electron chi connectivity index (χ2n) is 6.22. The van der Waals surface area contributed by atoms with Crippen molar-refractivity contribution < 1.29 is 4.79 Å². The fourth-order valence-corrected chi connectivity index (χ4v) is 2.64. The Labute approximate surface area is 147 Å². The molecule has 0 aliphatic rings. The van der Waals surface area contributed by atoms with Crippen molar-refractivity contribution in [3.05, 3.63) is 78.4 Å². The van der Waals surface area contributed by atoms with Crippen molar-refractivity contribution in [3.8, 4) is 5.69 Å². The highest BCUT2D eigenvalue weighted by molar-refractivity contribution is 5.92. The number of aromatic nitrogens is 2. The monoisotopic (exact) mass is 334 g/mol. The van der Waals surface area contributed by atoms with Crippen LogP contribution in [0.5, 0.6) is 0 Å². The topological polar surface area (TPSA) is 50.2 Å². The molecular formula is C20H22N4O. The van der Waals surface area contributed by atoms with Gasteiger partial charge in [-0.05, 0) is 43.8 Å². The van der Waals surface area contributed by atoms with Crippen molar-refractivity contribution in [3.63, 3.8) is 0 Å². The van der Waals surface area contributed by atoms with E-state index in [9.17, 15) is 4.79 Å². The van der Waals surface area contributed by atoms with Crippen molar-refractivity contribution in [1.82, 2.24) is 14.5 Å². The summed E-state index contributed by atoms with van der Waals surface area (Å²) in [6.45, 7) is 3.08. The zero-order valence-electron chi connectivity index (χ0n) is 14.5. The molecule has 3 aromatic rings. The summed E-state index contributed by atoms with van der Waals surface area (Å²) in [5, 5.41) is 2.92. The first-order chi connectivity index (χ1) is 12.1. The Morgan fingerprint density at radius 3 is 2.48 bits per heavy atom. The number of rotatable bonds is 6. The number of nitrogens with one attached hydrogen (secondary N) is 1. The van der Waals surface area contributed by atoms with Crippen LogP contribution in [0.4, 0.5) is 5.69 Å². The minimum atomic E-state index is -0.0126. The fraction of sp³-hybridized carbons (Fsp3) is 0.200. The van der Waals surface area contributed by atoms with Gasteiger partial charge in [0.1, 0.15) is 0 Å². The van der Waals surface area contributed by atoms with Crippen LogP contribution in [-0.4, -0.2) is 34.0 Å². The number of aryl methyl sites for hydroxylation is 1. The number of carbonyl (C=O) groups excluding carboxylic acids is 1. The zero-order chi connectivity index (χ0) is 17.6. The van der Waals surface area contributed by atoms with Crippen molar-refractivity contribution in [2.24, 2.45) is 0 Å². The molecule has 3 rings (SSSR count). The summed E-state index contributed by atoms with van der Waals surface area (Å²) in [5.41, 5.74) is 4.23. The zero-order valence-corrected chi connectivity index (χ0v) is 14.5. The largest absolute Gasteiger partial charge is 0.325 e. The van der Waals surface area contributed by atoms with Crippen LogP contribution in [0.2, 0.25) is 0 Å². The molecule has 0 aliphatic carbocycles. The third-order valence-electron chi connectivity index (χ3n) is 3.94. The van der Waals surface area contributed by atoms with Crippen molar-refractivity contribution >= 4 is 11.6 Å². The molecule has 0 fully saturated rings. The van der Waals surface area contributed by atoms with Crippen molar-refractivity contribution in [2.75, 3.05) is 18.9 Å². The van der Waals surface area contributed by atoms with Gasteiger partial charge in [-0.25, -0.2) is 4.98 Å². The molecule has 0 atom stereocenters. The van der Waals surface area contributed by atoms with Gasteiger partial charge in [-0.15, -0.1) is 0 Å². The summed E-state index contributed by atoms with van der Waals surface area (Å²) in [7, 11) is 1.94. The highest BCUT2D eigenvalue weighted by Gasteiger charge is 2.08. The van der Waals surface area contributed by atoms with E-state index in [4.69, 9.17) is 0 Å². The van der Waals surface area contributed by atoms with Crippen LogP contribution in [-0.2, 0) is 11.3 Å². The first kappa shape index (κ1) is 16.9. The van der Waals surface area contributed by atoms with Crippen LogP contribution in [0.3, 0.4) is 0 Å². The van der Waals surface area contributed by atoms with E-state index >= 15 is 0 Å². The van der Waals surface area contributed by atoms with Crippen LogP contribution >= 0.6 is 0 Å². The van der Waals surface area contributed by atoms with E-state index in [0.717, 1.165) is 16.9 Å². The molecular weight excluding hydrogens is 312 g/mol. The highest BCUT2D eigenvalue weighted by atomic mass is 16.2. The van der Waals surface area contributed by atoms with Gasteiger partial charge in [-0.2, -0.15) is 0 Å². The Kier molecular flexibility index (Phi) is 5.26. The van der Waals surface area contributed by atoms with E-state index in [2.05, 4.69) is 34.6 Å². The van der Waals surface area contributed by atoms with E-state index in [-0.39, 0.29) is 5.91 Å². The van der Waals surface area contributed by atoms with Crippen LogP contribution in [0, 0.1) is 6.92 Å². The SMILES string of the molecule is Cc1ccc(NC(=O)CN(C)Cc2ccc(-n3ccnc3)cc2)cc1. The van der Waals surface area contributed by atoms with Crippen LogP contribution in [0.15, 0.2) is 67.3 Å². The molecule has 5 nitrogen and oxygen atoms in total. The number of hydrogen-bond acceptors (Lipinski definition) is 3. The Hall–Kier alpha value is -2.92. The van der Waals surface area contributed by atoms with Gasteiger partial charge in [0.2, 0.25) is 5.91 Å². The summed E-state index contributed by atoms with van der Waals surface area (Å²) in [6, 6.07) is 16.1. The van der Waals surface area contributed by atoms with Crippen molar-refractivity contribution in [1.29, 1.82) is 0 Å². The Bertz CT molecular complexity index is 808. The quantitative estimate of drug-likeness (QED) is 0.753. The lowest BCUT2D eigenvalue weighted by molar-refractivity contribution is -0.117. The fourth-order valence-electron chi connectivity index (χ4n) is 2.64. The summed E-state index contributed by atoms with van der Waals surface area (Å²) in [4.78, 5) is 18.2. The minimum absolute atomic E-state index is 0.0126. The number of anilines is 1. The molecule has 1 N–H and O–H groups in total. The predicted molar refractivity (Wildman–Crippen MR) is 99.7 cm³/mol. The average Bonchev–Trinajstić information content (AvgIpc) is 3.12. The number of nitrogens with zero attached hydrogens (tertiary/aromatic N) is 3. The lowest BCUT2D eigenvalue weighted by Crippen LogP contribution is -2.29. The number of benzene rings is 2. The molecule has 0 unspecified atom stereocenters. The van der Waals surface area contributed by atoms with Crippen LogP contribution < -0.4 is 5.32 Å². The maximum absolute atomic E-state index is 12.1. The molecule has 25 heavy (non-hydrogen) atoms. The standard InChI is InChI=1S/C20H22N4O/c1-16-3-7-18(8-4-16)22-20(25)14-23(2)13-17-5-9-19(10-6-17)24-12-11-21-15-24/h3-12,15H,13-14H2,1-2H3,(H,22,25). The number of likely N-dealkylation sites (N-methyl/N-ethyl adjacent to an activating group) is 1. The Morgan fingerprint density at radius 2 is 1.84 bits per heavy atom. The van der Waals surface area contributed by atoms with Gasteiger partial charge in [0.15, 0.2) is 0 Å². The smallest absolute Gasteiger partial charge is 0.238 e. The second-order valence-corrected chi connectivity index (χ2v) is 6.22. The van der Waals surface area contributed by atoms with E-state index in [0.29, 0.717) is 13.1 Å². The van der Waals surface area contributed by atoms with Gasteiger partial charge in [0.05, 0.1) is 12.9 Å². The number of amides is 1. The summed E-state index contributed by atoms with van der Waals surface area (Å²) in [6.07, 6.45) is 5.45. The Balaban J connectivity index is 1.52. The molecule has 1 heterocycles. The second kappa shape index (κ2) is 7.77. The molecule has 0 radical (unpaired) electrons. The molecule has 0 spiro atoms. The summed E-state index contributed by atoms with van der Waals surface area (Å²) in [5.74, 6) is -0.0126. The van der Waals surface area contributed by atoms with Gasteiger partial charge >= 0.3 is 0 Å². The molecule has 1 aromatic heterocycles. The van der Waals surface area contributed by atoms with E-state index in [1.807, 2.05) is 53.9 Å². The number of carbonyl (C=O) groups is 1. The molecule has 128 valence electrons. The predicted octanol–water partition coefficient (Wildman–Crippen LogP) is 3.25. The van der Waals surface area contributed by atoms with Gasteiger partial charge in [-0.3, -0.25) is 9.69 Å². The third-order valence-corrected chi connectivity index (χ3v) is 3.94. The normalized spacial score (nSPS) is 10.8. The van der Waals surface area contributed by atoms with Gasteiger partial charge in [0, 0.05) is 30.3 Å². The lowest BCUT2D eigenvalue weighted by Gasteiger charge is -2.17. The summed E-state index contributed by atoms with van der Waals surface area (Å²) >= 11 is 0. The number of hydrogen-bond donors (Lipinski definition) is 1. The molecule has 5 heteroatoms. The molecule has 0 bridgehead atoms. The maximum atomic E-state index is 12.1. The molecule has 0 aliphatic heterocycles. The van der Waals surface area contributed by atoms with Crippen LogP contribution in [0.25, 0.3) is 5.69 Å². The molecule has 1 amide bonds. The molecule has 0 saturated carbocycles. The van der Waals surface area contributed by atoms with Crippen molar-refractivity contribution in [2.45, 2.75) is 13.5 Å². The molecule has 0 saturated heterocycles. The molecule has 2 aromatic carbocycles. The minimum Gasteiger partial charge on any atom is -0.325 e.